The molecular weight excluding hydrogens is 286 g/mol. The van der Waals surface area contributed by atoms with Gasteiger partial charge in [-0.2, -0.15) is 5.11 Å². The molecular formula is C15H15N3O4. The highest BCUT2D eigenvalue weighted by Gasteiger charge is 2.09. The highest BCUT2D eigenvalue weighted by atomic mass is 16.5. The first kappa shape index (κ1) is 15.3. The Balaban J connectivity index is 2.30. The quantitative estimate of drug-likeness (QED) is 0.650. The molecule has 2 aromatic carbocycles. The minimum Gasteiger partial charge on any atom is -0.495 e. The van der Waals surface area contributed by atoms with Gasteiger partial charge in [0.05, 0.1) is 31.2 Å². The number of ether oxygens (including phenoxy) is 2. The third kappa shape index (κ3) is 3.32. The molecule has 0 bridgehead atoms. The summed E-state index contributed by atoms with van der Waals surface area (Å²) >= 11 is 0. The first-order valence-electron chi connectivity index (χ1n) is 6.31. The molecule has 7 nitrogen and oxygen atoms in total. The second-order valence-electron chi connectivity index (χ2n) is 4.32. The van der Waals surface area contributed by atoms with Gasteiger partial charge < -0.3 is 20.3 Å². The molecule has 0 aliphatic heterocycles. The van der Waals surface area contributed by atoms with E-state index in [2.05, 4.69) is 10.2 Å². The Hall–Kier alpha value is -3.09. The van der Waals surface area contributed by atoms with Crippen LogP contribution in [0.15, 0.2) is 46.6 Å². The van der Waals surface area contributed by atoms with Crippen molar-refractivity contribution in [3.63, 3.8) is 0 Å². The van der Waals surface area contributed by atoms with Gasteiger partial charge in [0.1, 0.15) is 17.2 Å². The van der Waals surface area contributed by atoms with Crippen LogP contribution >= 0.6 is 0 Å². The summed E-state index contributed by atoms with van der Waals surface area (Å²) in [6, 6.07) is 9.25. The van der Waals surface area contributed by atoms with E-state index in [1.165, 1.54) is 26.4 Å². The lowest BCUT2D eigenvalue weighted by Gasteiger charge is -2.09. The van der Waals surface area contributed by atoms with Crippen molar-refractivity contribution in [2.75, 3.05) is 20.0 Å². The number of nitrogens with zero attached hydrogens (tertiary/aromatic N) is 2. The van der Waals surface area contributed by atoms with Crippen LogP contribution in [0.1, 0.15) is 10.4 Å². The molecule has 114 valence electrons. The van der Waals surface area contributed by atoms with Crippen molar-refractivity contribution in [1.82, 2.24) is 0 Å². The number of anilines is 1. The molecule has 0 saturated heterocycles. The standard InChI is InChI=1S/C15H15N3O4/c1-21-13-8-12(14(22-2)7-11(13)16)18-17-10-5-3-9(4-6-10)15(19)20/h3-8H,16H2,1-2H3,(H,19,20)/b18-17+. The first-order chi connectivity index (χ1) is 10.5. The van der Waals surface area contributed by atoms with Gasteiger partial charge >= 0.3 is 5.97 Å². The second-order valence-corrected chi connectivity index (χ2v) is 4.32. The minimum absolute atomic E-state index is 0.186. The molecule has 0 radical (unpaired) electrons. The Bertz CT molecular complexity index is 711. The molecule has 2 aromatic rings. The maximum Gasteiger partial charge on any atom is 0.335 e. The molecule has 0 aliphatic carbocycles. The molecule has 0 unspecified atom stereocenters. The predicted octanol–water partition coefficient (Wildman–Crippen LogP) is 3.40. The number of hydrogen-bond acceptors (Lipinski definition) is 6. The van der Waals surface area contributed by atoms with Crippen LogP contribution in [-0.2, 0) is 0 Å². The molecule has 0 atom stereocenters. The number of azo groups is 1. The highest BCUT2D eigenvalue weighted by molar-refractivity contribution is 5.87. The van der Waals surface area contributed by atoms with Crippen LogP contribution in [0.4, 0.5) is 17.1 Å². The van der Waals surface area contributed by atoms with Crippen LogP contribution in [0, 0.1) is 0 Å². The fourth-order valence-corrected chi connectivity index (χ4v) is 1.77. The summed E-state index contributed by atoms with van der Waals surface area (Å²) < 4.78 is 10.3. The number of carbonyl (C=O) groups is 1. The molecule has 22 heavy (non-hydrogen) atoms. The van der Waals surface area contributed by atoms with E-state index in [0.29, 0.717) is 28.6 Å². The van der Waals surface area contributed by atoms with Gasteiger partial charge in [0.2, 0.25) is 0 Å². The molecule has 0 fully saturated rings. The summed E-state index contributed by atoms with van der Waals surface area (Å²) in [4.78, 5) is 10.8. The van der Waals surface area contributed by atoms with E-state index in [4.69, 9.17) is 20.3 Å². The first-order valence-corrected chi connectivity index (χ1v) is 6.31. The van der Waals surface area contributed by atoms with Gasteiger partial charge in [-0.05, 0) is 24.3 Å². The molecule has 0 spiro atoms. The molecule has 2 rings (SSSR count). The minimum atomic E-state index is -0.992. The van der Waals surface area contributed by atoms with Gasteiger partial charge in [-0.25, -0.2) is 4.79 Å². The molecule has 0 saturated carbocycles. The lowest BCUT2D eigenvalue weighted by Crippen LogP contribution is -1.94. The molecule has 0 heterocycles. The van der Waals surface area contributed by atoms with Gasteiger partial charge in [-0.1, -0.05) is 0 Å². The number of nitrogen functional groups attached to an aromatic ring is 1. The molecule has 0 aliphatic rings. The van der Waals surface area contributed by atoms with E-state index >= 15 is 0 Å². The zero-order chi connectivity index (χ0) is 16.1. The summed E-state index contributed by atoms with van der Waals surface area (Å²) in [6.07, 6.45) is 0. The molecule has 0 aromatic heterocycles. The third-order valence-corrected chi connectivity index (χ3v) is 2.92. The lowest BCUT2D eigenvalue weighted by atomic mass is 10.2. The van der Waals surface area contributed by atoms with Crippen molar-refractivity contribution in [2.45, 2.75) is 0 Å². The molecule has 7 heteroatoms. The van der Waals surface area contributed by atoms with Crippen molar-refractivity contribution in [2.24, 2.45) is 10.2 Å². The maximum atomic E-state index is 10.8. The van der Waals surface area contributed by atoms with Crippen LogP contribution in [0.2, 0.25) is 0 Å². The van der Waals surface area contributed by atoms with Gasteiger partial charge in [0.25, 0.3) is 0 Å². The van der Waals surface area contributed by atoms with Crippen molar-refractivity contribution in [3.8, 4) is 11.5 Å². The van der Waals surface area contributed by atoms with Crippen molar-refractivity contribution >= 4 is 23.0 Å². The van der Waals surface area contributed by atoms with E-state index in [-0.39, 0.29) is 5.56 Å². The summed E-state index contributed by atoms with van der Waals surface area (Å²) in [7, 11) is 3.01. The van der Waals surface area contributed by atoms with E-state index in [1.807, 2.05) is 0 Å². The number of benzene rings is 2. The van der Waals surface area contributed by atoms with Crippen LogP contribution in [-0.4, -0.2) is 25.3 Å². The predicted molar refractivity (Wildman–Crippen MR) is 81.5 cm³/mol. The van der Waals surface area contributed by atoms with Gasteiger partial charge in [0.15, 0.2) is 0 Å². The van der Waals surface area contributed by atoms with E-state index in [0.717, 1.165) is 0 Å². The Morgan fingerprint density at radius 2 is 1.68 bits per heavy atom. The number of carboxylic acid groups (broad SMARTS) is 1. The van der Waals surface area contributed by atoms with Gasteiger partial charge in [-0.15, -0.1) is 5.11 Å². The zero-order valence-corrected chi connectivity index (χ0v) is 12.1. The maximum absolute atomic E-state index is 10.8. The lowest BCUT2D eigenvalue weighted by molar-refractivity contribution is 0.0697. The molecule has 3 N–H and O–H groups in total. The van der Waals surface area contributed by atoms with E-state index < -0.39 is 5.97 Å². The fraction of sp³-hybridized carbons (Fsp3) is 0.133. The normalized spacial score (nSPS) is 10.6. The molecule has 0 amide bonds. The van der Waals surface area contributed by atoms with Crippen LogP contribution < -0.4 is 15.2 Å². The Kier molecular flexibility index (Phi) is 4.57. The van der Waals surface area contributed by atoms with Crippen molar-refractivity contribution in [1.29, 1.82) is 0 Å². The zero-order valence-electron chi connectivity index (χ0n) is 12.1. The Morgan fingerprint density at radius 3 is 2.23 bits per heavy atom. The number of hydrogen-bond donors (Lipinski definition) is 2. The average Bonchev–Trinajstić information content (AvgIpc) is 2.53. The van der Waals surface area contributed by atoms with Gasteiger partial charge in [0, 0.05) is 12.1 Å². The van der Waals surface area contributed by atoms with Gasteiger partial charge in [-0.3, -0.25) is 0 Å². The number of rotatable bonds is 5. The summed E-state index contributed by atoms with van der Waals surface area (Å²) in [5, 5.41) is 17.0. The topological polar surface area (TPSA) is 106 Å². The third-order valence-electron chi connectivity index (χ3n) is 2.92. The number of nitrogens with two attached hydrogens (primary N) is 1. The summed E-state index contributed by atoms with van der Waals surface area (Å²) in [5.41, 5.74) is 7.39. The van der Waals surface area contributed by atoms with Crippen LogP contribution in [0.5, 0.6) is 11.5 Å². The number of methoxy groups -OCH3 is 2. The monoisotopic (exact) mass is 301 g/mol. The van der Waals surface area contributed by atoms with E-state index in [1.54, 1.807) is 24.3 Å². The SMILES string of the molecule is COc1cc(/N=N/c2ccc(C(=O)O)cc2)c(OC)cc1N. The second kappa shape index (κ2) is 6.57. The largest absolute Gasteiger partial charge is 0.495 e. The average molecular weight is 301 g/mol. The number of carboxylic acids is 1. The van der Waals surface area contributed by atoms with E-state index in [9.17, 15) is 4.79 Å². The Morgan fingerprint density at radius 1 is 1.05 bits per heavy atom. The number of aromatic carboxylic acids is 1. The highest BCUT2D eigenvalue weighted by Crippen LogP contribution is 2.37. The van der Waals surface area contributed by atoms with Crippen LogP contribution in [0.3, 0.4) is 0 Å². The fourth-order valence-electron chi connectivity index (χ4n) is 1.77. The summed E-state index contributed by atoms with van der Waals surface area (Å²) in [6.45, 7) is 0. The summed E-state index contributed by atoms with van der Waals surface area (Å²) in [5.74, 6) is -0.0615. The van der Waals surface area contributed by atoms with Crippen molar-refractivity contribution in [3.05, 3.63) is 42.0 Å². The van der Waals surface area contributed by atoms with Crippen LogP contribution in [0.25, 0.3) is 0 Å². The van der Waals surface area contributed by atoms with Crippen molar-refractivity contribution < 1.29 is 19.4 Å². The smallest absolute Gasteiger partial charge is 0.335 e. The Labute approximate surface area is 127 Å².